The third kappa shape index (κ3) is 2.50. The largest absolute Gasteiger partial charge is 0.382 e. The van der Waals surface area contributed by atoms with Crippen LogP contribution in [-0.4, -0.2) is 9.78 Å². The Labute approximate surface area is 85.3 Å². The lowest BCUT2D eigenvalue weighted by Gasteiger charge is -2.21. The molecule has 0 unspecified atom stereocenters. The molecule has 2 rings (SSSR count). The quantitative estimate of drug-likeness (QED) is 0.801. The van der Waals surface area contributed by atoms with Gasteiger partial charge in [0.1, 0.15) is 5.82 Å². The summed E-state index contributed by atoms with van der Waals surface area (Å²) in [5, 5.41) is 4.19. The van der Waals surface area contributed by atoms with Gasteiger partial charge >= 0.3 is 0 Å². The van der Waals surface area contributed by atoms with E-state index >= 15 is 0 Å². The number of hydrogen-bond acceptors (Lipinski definition) is 2. The lowest BCUT2D eigenvalue weighted by Crippen LogP contribution is -2.10. The molecule has 0 spiro atoms. The highest BCUT2D eigenvalue weighted by atomic mass is 15.3. The molecule has 1 aliphatic rings. The zero-order valence-electron chi connectivity index (χ0n) is 8.65. The Bertz CT molecular complexity index is 274. The molecule has 2 N–H and O–H groups in total. The van der Waals surface area contributed by atoms with Crippen LogP contribution in [0.5, 0.6) is 0 Å². The van der Waals surface area contributed by atoms with Crippen molar-refractivity contribution in [3.8, 4) is 0 Å². The maximum Gasteiger partial charge on any atom is 0.145 e. The second-order valence-electron chi connectivity index (χ2n) is 4.30. The second kappa shape index (κ2) is 4.49. The van der Waals surface area contributed by atoms with E-state index in [1.807, 2.05) is 16.9 Å². The summed E-state index contributed by atoms with van der Waals surface area (Å²) in [6, 6.07) is 1.86. The first-order valence-corrected chi connectivity index (χ1v) is 5.63. The fourth-order valence-electron chi connectivity index (χ4n) is 2.29. The number of aryl methyl sites for hydroxylation is 1. The van der Waals surface area contributed by atoms with Crippen molar-refractivity contribution < 1.29 is 0 Å². The summed E-state index contributed by atoms with van der Waals surface area (Å²) in [6.45, 7) is 1.03. The van der Waals surface area contributed by atoms with E-state index in [0.717, 1.165) is 12.5 Å². The van der Waals surface area contributed by atoms with Gasteiger partial charge in [0.05, 0.1) is 0 Å². The van der Waals surface area contributed by atoms with Crippen molar-refractivity contribution in [3.05, 3.63) is 12.3 Å². The van der Waals surface area contributed by atoms with Gasteiger partial charge in [-0.1, -0.05) is 32.1 Å². The zero-order chi connectivity index (χ0) is 9.80. The molecule has 78 valence electrons. The number of nitrogens with zero attached hydrogens (tertiary/aromatic N) is 2. The third-order valence-corrected chi connectivity index (χ3v) is 3.15. The van der Waals surface area contributed by atoms with Crippen molar-refractivity contribution in [3.63, 3.8) is 0 Å². The molecule has 3 heteroatoms. The Balaban J connectivity index is 1.76. The van der Waals surface area contributed by atoms with Crippen LogP contribution in [0.15, 0.2) is 12.3 Å². The standard InChI is InChI=1S/C11H19N3/c12-11-7-9-14(13-11)8-6-10-4-2-1-3-5-10/h7,9-10H,1-6,8H2,(H2,12,13). The van der Waals surface area contributed by atoms with E-state index in [4.69, 9.17) is 5.73 Å². The number of rotatable bonds is 3. The van der Waals surface area contributed by atoms with Gasteiger partial charge in [0.25, 0.3) is 0 Å². The van der Waals surface area contributed by atoms with Crippen molar-refractivity contribution in [1.82, 2.24) is 9.78 Å². The van der Waals surface area contributed by atoms with Gasteiger partial charge < -0.3 is 5.73 Å². The van der Waals surface area contributed by atoms with E-state index < -0.39 is 0 Å². The van der Waals surface area contributed by atoms with Gasteiger partial charge in [0, 0.05) is 12.7 Å². The van der Waals surface area contributed by atoms with Gasteiger partial charge in [-0.05, 0) is 18.4 Å². The minimum atomic E-state index is 0.633. The Morgan fingerprint density at radius 1 is 1.36 bits per heavy atom. The molecule has 0 radical (unpaired) electrons. The SMILES string of the molecule is Nc1ccn(CCC2CCCCC2)n1. The molecule has 0 atom stereocenters. The number of hydrogen-bond donors (Lipinski definition) is 1. The van der Waals surface area contributed by atoms with Gasteiger partial charge in [0.2, 0.25) is 0 Å². The molecule has 0 aliphatic heterocycles. The highest BCUT2D eigenvalue weighted by Crippen LogP contribution is 2.26. The summed E-state index contributed by atoms with van der Waals surface area (Å²) in [4.78, 5) is 0. The molecule has 14 heavy (non-hydrogen) atoms. The molecule has 0 amide bonds. The van der Waals surface area contributed by atoms with Crippen LogP contribution in [0.2, 0.25) is 0 Å². The lowest BCUT2D eigenvalue weighted by atomic mass is 9.87. The molecular weight excluding hydrogens is 174 g/mol. The van der Waals surface area contributed by atoms with Crippen molar-refractivity contribution >= 4 is 5.82 Å². The summed E-state index contributed by atoms with van der Waals surface area (Å²) < 4.78 is 1.96. The monoisotopic (exact) mass is 193 g/mol. The zero-order valence-corrected chi connectivity index (χ0v) is 8.65. The van der Waals surface area contributed by atoms with Gasteiger partial charge in [-0.3, -0.25) is 4.68 Å². The van der Waals surface area contributed by atoms with Crippen LogP contribution in [0.1, 0.15) is 38.5 Å². The molecule has 0 bridgehead atoms. The Kier molecular flexibility index (Phi) is 3.07. The fourth-order valence-corrected chi connectivity index (χ4v) is 2.29. The number of aromatic nitrogens is 2. The van der Waals surface area contributed by atoms with Gasteiger partial charge in [-0.2, -0.15) is 5.10 Å². The summed E-state index contributed by atoms with van der Waals surface area (Å²) in [7, 11) is 0. The average Bonchev–Trinajstić information content (AvgIpc) is 2.63. The molecule has 1 heterocycles. The van der Waals surface area contributed by atoms with Crippen molar-refractivity contribution in [1.29, 1.82) is 0 Å². The highest BCUT2D eigenvalue weighted by molar-refractivity contribution is 5.23. The fraction of sp³-hybridized carbons (Fsp3) is 0.727. The lowest BCUT2D eigenvalue weighted by molar-refractivity contribution is 0.319. The molecule has 1 aliphatic carbocycles. The first-order valence-electron chi connectivity index (χ1n) is 5.63. The summed E-state index contributed by atoms with van der Waals surface area (Å²) >= 11 is 0. The Morgan fingerprint density at radius 3 is 2.79 bits per heavy atom. The van der Waals surface area contributed by atoms with E-state index in [2.05, 4.69) is 5.10 Å². The topological polar surface area (TPSA) is 43.8 Å². The third-order valence-electron chi connectivity index (χ3n) is 3.15. The predicted octanol–water partition coefficient (Wildman–Crippen LogP) is 2.44. The summed E-state index contributed by atoms with van der Waals surface area (Å²) in [6.07, 6.45) is 10.3. The Morgan fingerprint density at radius 2 is 2.14 bits per heavy atom. The summed E-state index contributed by atoms with van der Waals surface area (Å²) in [5.41, 5.74) is 5.56. The van der Waals surface area contributed by atoms with E-state index in [1.54, 1.807) is 0 Å². The highest BCUT2D eigenvalue weighted by Gasteiger charge is 2.12. The van der Waals surface area contributed by atoms with Crippen LogP contribution >= 0.6 is 0 Å². The summed E-state index contributed by atoms with van der Waals surface area (Å²) in [5.74, 6) is 1.56. The molecule has 0 saturated heterocycles. The minimum Gasteiger partial charge on any atom is -0.382 e. The van der Waals surface area contributed by atoms with E-state index in [9.17, 15) is 0 Å². The van der Waals surface area contributed by atoms with Crippen LogP contribution in [0.25, 0.3) is 0 Å². The molecule has 1 aromatic heterocycles. The van der Waals surface area contributed by atoms with Crippen LogP contribution in [0.3, 0.4) is 0 Å². The first kappa shape index (κ1) is 9.56. The second-order valence-corrected chi connectivity index (χ2v) is 4.30. The Hall–Kier alpha value is -0.990. The maximum absolute atomic E-state index is 5.56. The van der Waals surface area contributed by atoms with Crippen LogP contribution in [-0.2, 0) is 6.54 Å². The average molecular weight is 193 g/mol. The minimum absolute atomic E-state index is 0.633. The van der Waals surface area contributed by atoms with Crippen LogP contribution in [0.4, 0.5) is 5.82 Å². The van der Waals surface area contributed by atoms with Crippen molar-refractivity contribution in [2.45, 2.75) is 45.1 Å². The van der Waals surface area contributed by atoms with E-state index in [0.29, 0.717) is 5.82 Å². The van der Waals surface area contributed by atoms with Crippen LogP contribution < -0.4 is 5.73 Å². The molecule has 0 aromatic carbocycles. The molecule has 3 nitrogen and oxygen atoms in total. The number of anilines is 1. The number of nitrogen functional groups attached to an aromatic ring is 1. The van der Waals surface area contributed by atoms with Crippen molar-refractivity contribution in [2.24, 2.45) is 5.92 Å². The van der Waals surface area contributed by atoms with Gasteiger partial charge in [0.15, 0.2) is 0 Å². The number of nitrogens with two attached hydrogens (primary N) is 1. The smallest absolute Gasteiger partial charge is 0.145 e. The van der Waals surface area contributed by atoms with Gasteiger partial charge in [-0.15, -0.1) is 0 Å². The van der Waals surface area contributed by atoms with Gasteiger partial charge in [-0.25, -0.2) is 0 Å². The molecule has 1 aromatic rings. The first-order chi connectivity index (χ1) is 6.84. The predicted molar refractivity (Wildman–Crippen MR) is 57.8 cm³/mol. The molecule has 1 fully saturated rings. The van der Waals surface area contributed by atoms with Crippen LogP contribution in [0, 0.1) is 5.92 Å². The van der Waals surface area contributed by atoms with E-state index in [-0.39, 0.29) is 0 Å². The van der Waals surface area contributed by atoms with E-state index in [1.165, 1.54) is 38.5 Å². The van der Waals surface area contributed by atoms with Crippen molar-refractivity contribution in [2.75, 3.05) is 5.73 Å². The molecule has 1 saturated carbocycles. The maximum atomic E-state index is 5.56. The molecular formula is C11H19N3. The normalized spacial score (nSPS) is 18.6.